The summed E-state index contributed by atoms with van der Waals surface area (Å²) < 4.78 is 5.02. The smallest absolute Gasteiger partial charge is 0.409 e. The summed E-state index contributed by atoms with van der Waals surface area (Å²) in [5, 5.41) is 6.96. The van der Waals surface area contributed by atoms with E-state index >= 15 is 0 Å². The van der Waals surface area contributed by atoms with Crippen molar-refractivity contribution in [1.82, 2.24) is 25.5 Å². The molecule has 0 atom stereocenters. The van der Waals surface area contributed by atoms with Gasteiger partial charge in [-0.2, -0.15) is 0 Å². The van der Waals surface area contributed by atoms with Crippen molar-refractivity contribution in [3.05, 3.63) is 22.0 Å². The molecule has 2 aromatic heterocycles. The molecule has 2 aliphatic rings. The molecule has 0 radical (unpaired) electrons. The number of carbonyl (C=O) groups is 3. The van der Waals surface area contributed by atoms with Crippen molar-refractivity contribution in [1.29, 1.82) is 0 Å². The Balaban J connectivity index is 1.21. The number of hydrogen-bond acceptors (Lipinski definition) is 7. The van der Waals surface area contributed by atoms with Gasteiger partial charge < -0.3 is 20.3 Å². The number of likely N-dealkylation sites (tertiary alicyclic amines) is 1. The van der Waals surface area contributed by atoms with Crippen LogP contribution < -0.4 is 10.6 Å². The third-order valence-electron chi connectivity index (χ3n) is 6.39. The number of ether oxygens (including phenoxy) is 1. The first-order valence-corrected chi connectivity index (χ1v) is 13.0. The molecule has 0 unspecified atom stereocenters. The van der Waals surface area contributed by atoms with Gasteiger partial charge in [-0.15, -0.1) is 11.3 Å². The van der Waals surface area contributed by atoms with E-state index in [1.807, 2.05) is 13.8 Å². The largest absolute Gasteiger partial charge is 0.450 e. The molecule has 0 aromatic carbocycles. The van der Waals surface area contributed by atoms with Crippen LogP contribution >= 0.6 is 11.3 Å². The van der Waals surface area contributed by atoms with E-state index in [0.717, 1.165) is 53.0 Å². The molecule has 1 saturated heterocycles. The topological polar surface area (TPSA) is 114 Å². The van der Waals surface area contributed by atoms with Gasteiger partial charge in [0, 0.05) is 43.4 Å². The highest BCUT2D eigenvalue weighted by Gasteiger charge is 2.28. The standard InChI is InChI=1S/C24H33N5O4S/c1-4-33-24(32)29-12-9-17(10-13-29)27-18(30)6-5-11-25-22(31)20-14(2)19-15(3)26-21(16-7-8-16)28-23(19)34-20/h16-17H,4-13H2,1-3H3,(H,25,31)(H,27,30). The molecule has 1 saturated carbocycles. The fraction of sp³-hybridized carbons (Fsp3) is 0.625. The highest BCUT2D eigenvalue weighted by atomic mass is 32.1. The molecule has 1 aliphatic heterocycles. The molecule has 0 bridgehead atoms. The first-order chi connectivity index (χ1) is 16.4. The van der Waals surface area contributed by atoms with Gasteiger partial charge in [0.05, 0.1) is 17.2 Å². The van der Waals surface area contributed by atoms with Crippen LogP contribution in [0.3, 0.4) is 0 Å². The second-order valence-electron chi connectivity index (χ2n) is 9.07. The average molecular weight is 488 g/mol. The third kappa shape index (κ3) is 5.65. The van der Waals surface area contributed by atoms with Crippen LogP contribution in [-0.2, 0) is 9.53 Å². The lowest BCUT2D eigenvalue weighted by atomic mass is 10.1. The number of nitrogens with zero attached hydrogens (tertiary/aromatic N) is 3. The van der Waals surface area contributed by atoms with E-state index in [-0.39, 0.29) is 23.9 Å². The molecule has 2 fully saturated rings. The summed E-state index contributed by atoms with van der Waals surface area (Å²) >= 11 is 1.42. The van der Waals surface area contributed by atoms with E-state index < -0.39 is 0 Å². The van der Waals surface area contributed by atoms with E-state index in [1.54, 1.807) is 11.8 Å². The van der Waals surface area contributed by atoms with Crippen LogP contribution in [0, 0.1) is 13.8 Å². The minimum atomic E-state index is -0.289. The van der Waals surface area contributed by atoms with Crippen molar-refractivity contribution >= 4 is 39.5 Å². The summed E-state index contributed by atoms with van der Waals surface area (Å²) in [4.78, 5) is 49.4. The number of carbonyl (C=O) groups excluding carboxylic acids is 3. The van der Waals surface area contributed by atoms with Crippen molar-refractivity contribution in [2.24, 2.45) is 0 Å². The maximum absolute atomic E-state index is 12.8. The SMILES string of the molecule is CCOC(=O)N1CCC(NC(=O)CCCNC(=O)c2sc3nc(C4CC4)nc(C)c3c2C)CC1. The molecule has 1 aliphatic carbocycles. The zero-order valence-electron chi connectivity index (χ0n) is 20.1. The van der Waals surface area contributed by atoms with Crippen molar-refractivity contribution in [2.75, 3.05) is 26.2 Å². The molecule has 9 nitrogen and oxygen atoms in total. The maximum atomic E-state index is 12.8. The molecule has 4 rings (SSSR count). The molecule has 34 heavy (non-hydrogen) atoms. The Bertz CT molecular complexity index is 1070. The quantitative estimate of drug-likeness (QED) is 0.552. The first kappa shape index (κ1) is 24.4. The Morgan fingerprint density at radius 2 is 1.85 bits per heavy atom. The van der Waals surface area contributed by atoms with Gasteiger partial charge in [-0.1, -0.05) is 0 Å². The van der Waals surface area contributed by atoms with Gasteiger partial charge >= 0.3 is 6.09 Å². The molecule has 184 valence electrons. The lowest BCUT2D eigenvalue weighted by Crippen LogP contribution is -2.46. The number of fused-ring (bicyclic) bond motifs is 1. The van der Waals surface area contributed by atoms with Crippen LogP contribution in [-0.4, -0.2) is 65.1 Å². The summed E-state index contributed by atoms with van der Waals surface area (Å²) in [6.45, 7) is 7.68. The third-order valence-corrected chi connectivity index (χ3v) is 7.57. The lowest BCUT2D eigenvalue weighted by molar-refractivity contribution is -0.122. The Kier molecular flexibility index (Phi) is 7.65. The Morgan fingerprint density at radius 3 is 2.53 bits per heavy atom. The van der Waals surface area contributed by atoms with Gasteiger partial charge in [0.2, 0.25) is 5.91 Å². The molecule has 2 N–H and O–H groups in total. The van der Waals surface area contributed by atoms with Gasteiger partial charge in [-0.05, 0) is 58.4 Å². The number of aryl methyl sites for hydroxylation is 2. The summed E-state index contributed by atoms with van der Waals surface area (Å²) in [5.41, 5.74) is 1.86. The number of amides is 3. The van der Waals surface area contributed by atoms with Gasteiger partial charge in [-0.25, -0.2) is 14.8 Å². The number of nitrogens with one attached hydrogen (secondary N) is 2. The Labute approximate surface area is 203 Å². The summed E-state index contributed by atoms with van der Waals surface area (Å²) in [6.07, 6.45) is 4.34. The van der Waals surface area contributed by atoms with Crippen LogP contribution in [0.1, 0.15) is 78.1 Å². The zero-order valence-corrected chi connectivity index (χ0v) is 20.9. The van der Waals surface area contributed by atoms with Gasteiger partial charge in [-0.3, -0.25) is 9.59 Å². The predicted molar refractivity (Wildman–Crippen MR) is 130 cm³/mol. The molecular weight excluding hydrogens is 454 g/mol. The van der Waals surface area contributed by atoms with Gasteiger partial charge in [0.15, 0.2) is 0 Å². The second-order valence-corrected chi connectivity index (χ2v) is 10.1. The molecular formula is C24H33N5O4S. The zero-order chi connectivity index (χ0) is 24.2. The Morgan fingerprint density at radius 1 is 1.12 bits per heavy atom. The monoisotopic (exact) mass is 487 g/mol. The fourth-order valence-electron chi connectivity index (χ4n) is 4.35. The van der Waals surface area contributed by atoms with Crippen LogP contribution in [0.4, 0.5) is 4.79 Å². The normalized spacial score (nSPS) is 16.5. The number of rotatable bonds is 8. The number of thiophene rings is 1. The molecule has 10 heteroatoms. The van der Waals surface area contributed by atoms with E-state index in [0.29, 0.717) is 49.9 Å². The highest BCUT2D eigenvalue weighted by Crippen LogP contribution is 2.40. The molecule has 3 amide bonds. The number of aromatic nitrogens is 2. The van der Waals surface area contributed by atoms with Crippen molar-refractivity contribution < 1.29 is 19.1 Å². The Hall–Kier alpha value is -2.75. The van der Waals surface area contributed by atoms with E-state index in [4.69, 9.17) is 9.72 Å². The van der Waals surface area contributed by atoms with Crippen LogP contribution in [0.5, 0.6) is 0 Å². The molecule has 2 aromatic rings. The highest BCUT2D eigenvalue weighted by molar-refractivity contribution is 7.20. The lowest BCUT2D eigenvalue weighted by Gasteiger charge is -2.31. The molecule has 3 heterocycles. The van der Waals surface area contributed by atoms with Crippen molar-refractivity contribution in [2.45, 2.75) is 71.3 Å². The second kappa shape index (κ2) is 10.7. The maximum Gasteiger partial charge on any atom is 0.409 e. The number of hydrogen-bond donors (Lipinski definition) is 2. The van der Waals surface area contributed by atoms with E-state index in [2.05, 4.69) is 15.6 Å². The summed E-state index contributed by atoms with van der Waals surface area (Å²) in [6, 6.07) is 0.0684. The first-order valence-electron chi connectivity index (χ1n) is 12.1. The van der Waals surface area contributed by atoms with Crippen LogP contribution in [0.2, 0.25) is 0 Å². The predicted octanol–water partition coefficient (Wildman–Crippen LogP) is 3.43. The van der Waals surface area contributed by atoms with Gasteiger partial charge in [0.1, 0.15) is 10.7 Å². The van der Waals surface area contributed by atoms with Gasteiger partial charge in [0.25, 0.3) is 5.91 Å². The summed E-state index contributed by atoms with van der Waals surface area (Å²) in [7, 11) is 0. The minimum Gasteiger partial charge on any atom is -0.450 e. The van der Waals surface area contributed by atoms with Crippen LogP contribution in [0.25, 0.3) is 10.2 Å². The minimum absolute atomic E-state index is 0.0274. The van der Waals surface area contributed by atoms with E-state index in [1.165, 1.54) is 11.3 Å². The fourth-order valence-corrected chi connectivity index (χ4v) is 5.51. The van der Waals surface area contributed by atoms with Crippen molar-refractivity contribution in [3.63, 3.8) is 0 Å². The average Bonchev–Trinajstić information content (AvgIpc) is 3.60. The van der Waals surface area contributed by atoms with Crippen molar-refractivity contribution in [3.8, 4) is 0 Å². The van der Waals surface area contributed by atoms with E-state index in [9.17, 15) is 14.4 Å². The molecule has 0 spiro atoms. The summed E-state index contributed by atoms with van der Waals surface area (Å²) in [5.74, 6) is 1.22. The number of piperidine rings is 1. The van der Waals surface area contributed by atoms with Crippen LogP contribution in [0.15, 0.2) is 0 Å².